The first-order valence-corrected chi connectivity index (χ1v) is 12.9. The highest BCUT2D eigenvalue weighted by Crippen LogP contribution is 2.44. The highest BCUT2D eigenvalue weighted by Gasteiger charge is 2.49. The molecule has 1 saturated carbocycles. The Morgan fingerprint density at radius 1 is 1.14 bits per heavy atom. The van der Waals surface area contributed by atoms with Crippen molar-refractivity contribution in [3.63, 3.8) is 0 Å². The molecule has 0 radical (unpaired) electrons. The minimum absolute atomic E-state index is 0.0783. The lowest BCUT2D eigenvalue weighted by Crippen LogP contribution is -2.37. The van der Waals surface area contributed by atoms with Crippen molar-refractivity contribution in [3.05, 3.63) is 18.2 Å². The average Bonchev–Trinajstić information content (AvgIpc) is 3.33. The van der Waals surface area contributed by atoms with Gasteiger partial charge in [-0.3, -0.25) is 4.79 Å². The molecule has 7 nitrogen and oxygen atoms in total. The zero-order chi connectivity index (χ0) is 20.0. The number of carbonyl (C=O) groups is 1. The quantitative estimate of drug-likeness (QED) is 0.720. The van der Waals surface area contributed by atoms with Crippen molar-refractivity contribution in [3.8, 4) is 11.5 Å². The van der Waals surface area contributed by atoms with Gasteiger partial charge in [-0.1, -0.05) is 31.0 Å². The van der Waals surface area contributed by atoms with Crippen LogP contribution in [0, 0.1) is 5.92 Å². The van der Waals surface area contributed by atoms with Gasteiger partial charge in [0.15, 0.2) is 26.5 Å². The smallest absolute Gasteiger partial charge is 0.248 e. The lowest BCUT2D eigenvalue weighted by Gasteiger charge is -2.25. The number of hydrogen-bond acceptors (Lipinski definition) is 6. The number of ether oxygens (including phenoxy) is 2. The standard InChI is InChI=1S/C20H24N2O5S2/c23-19(8-13-4-2-1-3-5-13)21-20-22(15-10-29(24,25)11-18(15)28-20)14-6-7-16-17(9-14)27-12-26-16/h6-7,9,13,15,18H,1-5,8,10-12H2. The first-order valence-electron chi connectivity index (χ1n) is 10.2. The summed E-state index contributed by atoms with van der Waals surface area (Å²) in [7, 11) is -3.09. The highest BCUT2D eigenvalue weighted by atomic mass is 32.2. The Balaban J connectivity index is 1.43. The first-order chi connectivity index (χ1) is 14.0. The maximum atomic E-state index is 12.7. The van der Waals surface area contributed by atoms with Crippen molar-refractivity contribution < 1.29 is 22.7 Å². The lowest BCUT2D eigenvalue weighted by atomic mass is 9.87. The van der Waals surface area contributed by atoms with E-state index >= 15 is 0 Å². The van der Waals surface area contributed by atoms with E-state index in [-0.39, 0.29) is 35.5 Å². The van der Waals surface area contributed by atoms with E-state index in [2.05, 4.69) is 4.99 Å². The van der Waals surface area contributed by atoms with Gasteiger partial charge in [-0.2, -0.15) is 4.99 Å². The average molecular weight is 437 g/mol. The fraction of sp³-hybridized carbons (Fsp3) is 0.600. The second-order valence-corrected chi connectivity index (χ2v) is 11.6. The number of rotatable bonds is 3. The van der Waals surface area contributed by atoms with Crippen LogP contribution < -0.4 is 14.4 Å². The van der Waals surface area contributed by atoms with Crippen LogP contribution in [-0.4, -0.2) is 49.1 Å². The molecule has 9 heteroatoms. The largest absolute Gasteiger partial charge is 0.454 e. The molecule has 1 aromatic rings. The van der Waals surface area contributed by atoms with Gasteiger partial charge in [0.05, 0.1) is 17.5 Å². The van der Waals surface area contributed by atoms with Crippen LogP contribution in [0.3, 0.4) is 0 Å². The summed E-state index contributed by atoms with van der Waals surface area (Å²) in [5.41, 5.74) is 0.788. The maximum absolute atomic E-state index is 12.7. The van der Waals surface area contributed by atoms with Crippen LogP contribution in [0.5, 0.6) is 11.5 Å². The SMILES string of the molecule is O=C(CC1CCCCC1)N=C1SC2CS(=O)(=O)CC2N1c1ccc2c(c1)OCO2. The Hall–Kier alpha value is -1.74. The van der Waals surface area contributed by atoms with Gasteiger partial charge in [0.25, 0.3) is 0 Å². The molecule has 2 atom stereocenters. The number of amides is 1. The number of nitrogens with zero attached hydrogens (tertiary/aromatic N) is 2. The van der Waals surface area contributed by atoms with Crippen LogP contribution in [0.2, 0.25) is 0 Å². The molecule has 1 aliphatic carbocycles. The number of carbonyl (C=O) groups excluding carboxylic acids is 1. The second-order valence-electron chi connectivity index (χ2n) is 8.20. The van der Waals surface area contributed by atoms with Gasteiger partial charge in [0.2, 0.25) is 12.7 Å². The molecule has 2 saturated heterocycles. The molecule has 0 aromatic heterocycles. The molecule has 0 spiro atoms. The molecule has 1 aromatic carbocycles. The third kappa shape index (κ3) is 3.86. The molecule has 0 bridgehead atoms. The van der Waals surface area contributed by atoms with Crippen LogP contribution in [0.15, 0.2) is 23.2 Å². The Bertz CT molecular complexity index is 956. The van der Waals surface area contributed by atoms with Crippen molar-refractivity contribution in [1.82, 2.24) is 0 Å². The van der Waals surface area contributed by atoms with Crippen molar-refractivity contribution >= 4 is 38.4 Å². The number of thioether (sulfide) groups is 1. The van der Waals surface area contributed by atoms with E-state index in [1.54, 1.807) is 0 Å². The predicted molar refractivity (Wildman–Crippen MR) is 112 cm³/mol. The number of hydrogen-bond donors (Lipinski definition) is 0. The van der Waals surface area contributed by atoms with Gasteiger partial charge in [0, 0.05) is 23.4 Å². The van der Waals surface area contributed by atoms with Crippen LogP contribution in [0.25, 0.3) is 0 Å². The number of benzene rings is 1. The van der Waals surface area contributed by atoms with E-state index < -0.39 is 9.84 Å². The Morgan fingerprint density at radius 3 is 2.76 bits per heavy atom. The minimum Gasteiger partial charge on any atom is -0.454 e. The van der Waals surface area contributed by atoms with Crippen LogP contribution >= 0.6 is 11.8 Å². The number of aliphatic imine (C=N–C) groups is 1. The molecule has 4 aliphatic rings. The van der Waals surface area contributed by atoms with Crippen LogP contribution in [0.4, 0.5) is 5.69 Å². The summed E-state index contributed by atoms with van der Waals surface area (Å²) in [6.45, 7) is 0.175. The summed E-state index contributed by atoms with van der Waals surface area (Å²) in [5, 5.41) is 0.501. The summed E-state index contributed by atoms with van der Waals surface area (Å²) in [4.78, 5) is 19.1. The Kier molecular flexibility index (Phi) is 4.98. The van der Waals surface area contributed by atoms with E-state index in [1.165, 1.54) is 31.0 Å². The molecular weight excluding hydrogens is 412 g/mol. The van der Waals surface area contributed by atoms with Gasteiger partial charge in [-0.15, -0.1) is 0 Å². The fourth-order valence-corrected chi connectivity index (χ4v) is 8.62. The van der Waals surface area contributed by atoms with E-state index in [1.807, 2.05) is 23.1 Å². The summed E-state index contributed by atoms with van der Waals surface area (Å²) in [6, 6.07) is 5.33. The van der Waals surface area contributed by atoms with Gasteiger partial charge in [0.1, 0.15) is 0 Å². The number of fused-ring (bicyclic) bond motifs is 2. The zero-order valence-corrected chi connectivity index (χ0v) is 17.7. The second kappa shape index (κ2) is 7.50. The molecule has 0 N–H and O–H groups in total. The van der Waals surface area contributed by atoms with Gasteiger partial charge in [-0.25, -0.2) is 8.42 Å². The monoisotopic (exact) mass is 436 g/mol. The molecule has 5 rings (SSSR count). The van der Waals surface area contributed by atoms with Crippen molar-refractivity contribution in [2.75, 3.05) is 23.2 Å². The molecule has 3 fully saturated rings. The van der Waals surface area contributed by atoms with E-state index in [0.29, 0.717) is 29.0 Å². The fourth-order valence-electron chi connectivity index (χ4n) is 4.69. The number of amidine groups is 1. The Labute approximate surface area is 174 Å². The van der Waals surface area contributed by atoms with Crippen LogP contribution in [0.1, 0.15) is 38.5 Å². The van der Waals surface area contributed by atoms with Crippen molar-refractivity contribution in [2.24, 2.45) is 10.9 Å². The molecule has 1 amide bonds. The van der Waals surface area contributed by atoms with Crippen molar-refractivity contribution in [1.29, 1.82) is 0 Å². The third-order valence-corrected chi connectivity index (χ3v) is 9.32. The summed E-state index contributed by atoms with van der Waals surface area (Å²) >= 11 is 1.41. The molecule has 3 heterocycles. The normalized spacial score (nSPS) is 29.4. The molecule has 2 unspecified atom stereocenters. The summed E-state index contributed by atoms with van der Waals surface area (Å²) in [5.74, 6) is 1.82. The molecule has 3 aliphatic heterocycles. The summed E-state index contributed by atoms with van der Waals surface area (Å²) in [6.07, 6.45) is 6.30. The van der Waals surface area contributed by atoms with E-state index in [9.17, 15) is 13.2 Å². The zero-order valence-electron chi connectivity index (χ0n) is 16.1. The van der Waals surface area contributed by atoms with Gasteiger partial charge < -0.3 is 14.4 Å². The maximum Gasteiger partial charge on any atom is 0.248 e. The summed E-state index contributed by atoms with van der Waals surface area (Å²) < 4.78 is 35.3. The molecule has 29 heavy (non-hydrogen) atoms. The highest BCUT2D eigenvalue weighted by molar-refractivity contribution is 8.16. The predicted octanol–water partition coefficient (Wildman–Crippen LogP) is 2.99. The lowest BCUT2D eigenvalue weighted by molar-refractivity contribution is -0.118. The molecule has 156 valence electrons. The third-order valence-electron chi connectivity index (χ3n) is 6.11. The van der Waals surface area contributed by atoms with Gasteiger partial charge in [-0.05, 0) is 30.9 Å². The van der Waals surface area contributed by atoms with E-state index in [4.69, 9.17) is 9.47 Å². The van der Waals surface area contributed by atoms with Gasteiger partial charge >= 0.3 is 0 Å². The number of sulfone groups is 1. The molecular formula is C20H24N2O5S2. The number of anilines is 1. The first kappa shape index (κ1) is 19.2. The van der Waals surface area contributed by atoms with E-state index in [0.717, 1.165) is 18.5 Å². The topological polar surface area (TPSA) is 85.3 Å². The minimum atomic E-state index is -3.09. The Morgan fingerprint density at radius 2 is 1.93 bits per heavy atom. The van der Waals surface area contributed by atoms with Crippen molar-refractivity contribution in [2.45, 2.75) is 49.8 Å². The van der Waals surface area contributed by atoms with Crippen LogP contribution in [-0.2, 0) is 14.6 Å².